The van der Waals surface area contributed by atoms with E-state index in [4.69, 9.17) is 0 Å². The number of hydrogen-bond acceptors (Lipinski definition) is 4. The minimum absolute atomic E-state index is 0.0548. The molecule has 1 rings (SSSR count). The summed E-state index contributed by atoms with van der Waals surface area (Å²) in [7, 11) is 0. The van der Waals surface area contributed by atoms with Crippen molar-refractivity contribution in [3.8, 4) is 0 Å². The summed E-state index contributed by atoms with van der Waals surface area (Å²) in [5.74, 6) is -0.0656. The van der Waals surface area contributed by atoms with Crippen LogP contribution in [-0.2, 0) is 4.79 Å². The van der Waals surface area contributed by atoms with Crippen LogP contribution in [0.5, 0.6) is 0 Å². The molecule has 1 aromatic carbocycles. The van der Waals surface area contributed by atoms with E-state index in [1.54, 1.807) is 19.1 Å². The van der Waals surface area contributed by atoms with E-state index in [-0.39, 0.29) is 23.7 Å². The van der Waals surface area contributed by atoms with E-state index in [0.29, 0.717) is 6.54 Å². The van der Waals surface area contributed by atoms with Gasteiger partial charge in [0.1, 0.15) is 0 Å². The van der Waals surface area contributed by atoms with Crippen LogP contribution < -0.4 is 10.6 Å². The van der Waals surface area contributed by atoms with E-state index in [2.05, 4.69) is 10.6 Å². The summed E-state index contributed by atoms with van der Waals surface area (Å²) >= 11 is 0. The number of carbonyl (C=O) groups is 1. The average molecular weight is 279 g/mol. The van der Waals surface area contributed by atoms with Crippen molar-refractivity contribution < 1.29 is 9.72 Å². The second-order valence-corrected chi connectivity index (χ2v) is 4.75. The molecule has 0 saturated heterocycles. The average Bonchev–Trinajstić information content (AvgIpc) is 2.44. The van der Waals surface area contributed by atoms with Gasteiger partial charge in [0.2, 0.25) is 5.91 Å². The maximum absolute atomic E-state index is 11.8. The molecule has 0 aliphatic heterocycles. The number of benzene rings is 1. The molecule has 0 aliphatic carbocycles. The summed E-state index contributed by atoms with van der Waals surface area (Å²) in [5.41, 5.74) is 0.841. The molecule has 0 aliphatic rings. The zero-order valence-corrected chi connectivity index (χ0v) is 12.1. The lowest BCUT2D eigenvalue weighted by Crippen LogP contribution is -2.43. The summed E-state index contributed by atoms with van der Waals surface area (Å²) in [6.07, 6.45) is 0.888. The van der Waals surface area contributed by atoms with Crippen LogP contribution in [0.4, 0.5) is 5.69 Å². The topological polar surface area (TPSA) is 84.3 Å². The third-order valence-corrected chi connectivity index (χ3v) is 3.02. The molecular weight excluding hydrogens is 258 g/mol. The summed E-state index contributed by atoms with van der Waals surface area (Å²) in [5, 5.41) is 16.7. The number of non-ortho nitro benzene ring substituents is 1. The zero-order chi connectivity index (χ0) is 15.1. The van der Waals surface area contributed by atoms with Crippen molar-refractivity contribution in [3.05, 3.63) is 39.9 Å². The molecule has 6 heteroatoms. The van der Waals surface area contributed by atoms with Crippen LogP contribution in [-0.4, -0.2) is 23.4 Å². The third-order valence-electron chi connectivity index (χ3n) is 3.02. The van der Waals surface area contributed by atoms with Gasteiger partial charge in [-0.1, -0.05) is 19.1 Å². The van der Waals surface area contributed by atoms with Crippen LogP contribution in [0.3, 0.4) is 0 Å². The van der Waals surface area contributed by atoms with Crippen molar-refractivity contribution >= 4 is 11.6 Å². The number of nitro groups is 1. The number of nitrogens with one attached hydrogen (secondary N) is 2. The highest BCUT2D eigenvalue weighted by Crippen LogP contribution is 2.19. The smallest absolute Gasteiger partial charge is 0.269 e. The Morgan fingerprint density at radius 1 is 1.40 bits per heavy atom. The molecule has 2 atom stereocenters. The van der Waals surface area contributed by atoms with Gasteiger partial charge in [-0.25, -0.2) is 0 Å². The van der Waals surface area contributed by atoms with Gasteiger partial charge < -0.3 is 5.32 Å². The van der Waals surface area contributed by atoms with E-state index in [1.807, 2.05) is 13.8 Å². The number of nitrogens with zero attached hydrogens (tertiary/aromatic N) is 1. The van der Waals surface area contributed by atoms with E-state index in [0.717, 1.165) is 12.0 Å². The van der Waals surface area contributed by atoms with Crippen LogP contribution in [0.25, 0.3) is 0 Å². The van der Waals surface area contributed by atoms with Gasteiger partial charge in [0, 0.05) is 24.7 Å². The Hall–Kier alpha value is -1.95. The molecular formula is C14H21N3O3. The van der Waals surface area contributed by atoms with Crippen LogP contribution >= 0.6 is 0 Å². The first-order valence-electron chi connectivity index (χ1n) is 6.73. The highest BCUT2D eigenvalue weighted by molar-refractivity contribution is 5.81. The Morgan fingerprint density at radius 2 is 2.10 bits per heavy atom. The quantitative estimate of drug-likeness (QED) is 0.591. The van der Waals surface area contributed by atoms with E-state index < -0.39 is 4.92 Å². The number of carbonyl (C=O) groups excluding carboxylic acids is 1. The first kappa shape index (κ1) is 16.1. The molecule has 0 aromatic heterocycles. The molecule has 20 heavy (non-hydrogen) atoms. The van der Waals surface area contributed by atoms with Crippen molar-refractivity contribution in [1.29, 1.82) is 0 Å². The number of rotatable bonds is 7. The molecule has 0 radical (unpaired) electrons. The number of amides is 1. The molecule has 0 spiro atoms. The van der Waals surface area contributed by atoms with Crippen LogP contribution in [0, 0.1) is 10.1 Å². The van der Waals surface area contributed by atoms with Gasteiger partial charge in [-0.2, -0.15) is 0 Å². The number of hydrogen-bond donors (Lipinski definition) is 2. The second kappa shape index (κ2) is 7.59. The molecule has 6 nitrogen and oxygen atoms in total. The van der Waals surface area contributed by atoms with Gasteiger partial charge in [0.05, 0.1) is 11.0 Å². The van der Waals surface area contributed by atoms with Gasteiger partial charge in [-0.15, -0.1) is 0 Å². The lowest BCUT2D eigenvalue weighted by molar-refractivity contribution is -0.384. The van der Waals surface area contributed by atoms with Gasteiger partial charge >= 0.3 is 0 Å². The fourth-order valence-electron chi connectivity index (χ4n) is 1.86. The minimum Gasteiger partial charge on any atom is -0.355 e. The predicted octanol–water partition coefficient (Wildman–Crippen LogP) is 2.16. The van der Waals surface area contributed by atoms with Gasteiger partial charge in [0.15, 0.2) is 0 Å². The molecule has 1 aromatic rings. The van der Waals surface area contributed by atoms with Crippen LogP contribution in [0.15, 0.2) is 24.3 Å². The maximum Gasteiger partial charge on any atom is 0.269 e. The van der Waals surface area contributed by atoms with Crippen molar-refractivity contribution in [2.75, 3.05) is 6.54 Å². The first-order chi connectivity index (χ1) is 9.45. The standard InChI is InChI=1S/C14H21N3O3/c1-4-8-15-14(18)11(3)16-10(2)12-6-5-7-13(9-12)17(19)20/h5-7,9-11,16H,4,8H2,1-3H3,(H,15,18). The van der Waals surface area contributed by atoms with E-state index >= 15 is 0 Å². The van der Waals surface area contributed by atoms with Crippen molar-refractivity contribution in [3.63, 3.8) is 0 Å². The molecule has 0 fully saturated rings. The van der Waals surface area contributed by atoms with E-state index in [1.165, 1.54) is 12.1 Å². The fraction of sp³-hybridized carbons (Fsp3) is 0.500. The molecule has 1 amide bonds. The van der Waals surface area contributed by atoms with Gasteiger partial charge in [0.25, 0.3) is 5.69 Å². The lowest BCUT2D eigenvalue weighted by Gasteiger charge is -2.19. The van der Waals surface area contributed by atoms with Crippen molar-refractivity contribution in [2.24, 2.45) is 0 Å². The Labute approximate surface area is 118 Å². The zero-order valence-electron chi connectivity index (χ0n) is 12.1. The number of nitro benzene ring substituents is 1. The monoisotopic (exact) mass is 279 g/mol. The largest absolute Gasteiger partial charge is 0.355 e. The molecule has 110 valence electrons. The van der Waals surface area contributed by atoms with Crippen molar-refractivity contribution in [2.45, 2.75) is 39.3 Å². The summed E-state index contributed by atoms with van der Waals surface area (Å²) < 4.78 is 0. The SMILES string of the molecule is CCCNC(=O)C(C)NC(C)c1cccc([N+](=O)[O-])c1. The van der Waals surface area contributed by atoms with Crippen LogP contribution in [0.1, 0.15) is 38.8 Å². The molecule has 0 saturated carbocycles. The predicted molar refractivity (Wildman–Crippen MR) is 77.4 cm³/mol. The summed E-state index contributed by atoms with van der Waals surface area (Å²) in [6, 6.07) is 5.93. The Bertz CT molecular complexity index is 476. The summed E-state index contributed by atoms with van der Waals surface area (Å²) in [4.78, 5) is 22.1. The van der Waals surface area contributed by atoms with Gasteiger partial charge in [-0.05, 0) is 25.8 Å². The first-order valence-corrected chi connectivity index (χ1v) is 6.73. The van der Waals surface area contributed by atoms with Crippen LogP contribution in [0.2, 0.25) is 0 Å². The second-order valence-electron chi connectivity index (χ2n) is 4.75. The molecule has 0 bridgehead atoms. The molecule has 0 heterocycles. The normalized spacial score (nSPS) is 13.6. The maximum atomic E-state index is 11.8. The fourth-order valence-corrected chi connectivity index (χ4v) is 1.86. The summed E-state index contributed by atoms with van der Waals surface area (Å²) in [6.45, 7) is 6.29. The Kier molecular flexibility index (Phi) is 6.11. The molecule has 2 unspecified atom stereocenters. The van der Waals surface area contributed by atoms with E-state index in [9.17, 15) is 14.9 Å². The minimum atomic E-state index is -0.423. The highest BCUT2D eigenvalue weighted by Gasteiger charge is 2.17. The molecule has 2 N–H and O–H groups in total. The lowest BCUT2D eigenvalue weighted by atomic mass is 10.1. The Balaban J connectivity index is 2.66. The third kappa shape index (κ3) is 4.62. The van der Waals surface area contributed by atoms with Crippen molar-refractivity contribution in [1.82, 2.24) is 10.6 Å². The highest BCUT2D eigenvalue weighted by atomic mass is 16.6. The van der Waals surface area contributed by atoms with Gasteiger partial charge in [-0.3, -0.25) is 20.2 Å². The Morgan fingerprint density at radius 3 is 2.70 bits per heavy atom.